The van der Waals surface area contributed by atoms with E-state index in [9.17, 15) is 0 Å². The highest BCUT2D eigenvalue weighted by Gasteiger charge is 2.09. The van der Waals surface area contributed by atoms with E-state index in [1.807, 2.05) is 18.7 Å². The van der Waals surface area contributed by atoms with Crippen LogP contribution in [0.15, 0.2) is 36.8 Å². The van der Waals surface area contributed by atoms with Crippen LogP contribution in [-0.2, 0) is 20.1 Å². The lowest BCUT2D eigenvalue weighted by atomic mass is 10.2. The number of hydrogen-bond acceptors (Lipinski definition) is 3. The lowest BCUT2D eigenvalue weighted by Gasteiger charge is -2.04. The van der Waals surface area contributed by atoms with Gasteiger partial charge in [-0.25, -0.2) is 0 Å². The second kappa shape index (κ2) is 4.85. The third kappa shape index (κ3) is 2.13. The molecule has 3 rings (SSSR count). The molecule has 5 nitrogen and oxygen atoms in total. The van der Waals surface area contributed by atoms with Gasteiger partial charge in [-0.15, -0.1) is 10.2 Å². The maximum Gasteiger partial charge on any atom is 0.152 e. The fraction of sp³-hybridized carbons (Fsp3) is 0.286. The van der Waals surface area contributed by atoms with E-state index in [0.717, 1.165) is 18.9 Å². The third-order valence-corrected chi connectivity index (χ3v) is 3.36. The summed E-state index contributed by atoms with van der Waals surface area (Å²) in [5, 5.41) is 12.6. The molecule has 0 fully saturated rings. The number of nitrogens with zero attached hydrogens (tertiary/aromatic N) is 4. The van der Waals surface area contributed by atoms with Crippen molar-refractivity contribution in [1.29, 1.82) is 0 Å². The summed E-state index contributed by atoms with van der Waals surface area (Å²) in [5.74, 6) is 0.955. The Morgan fingerprint density at radius 2 is 2.11 bits per heavy atom. The Kier molecular flexibility index (Phi) is 3.05. The van der Waals surface area contributed by atoms with E-state index >= 15 is 0 Å². The van der Waals surface area contributed by atoms with E-state index < -0.39 is 0 Å². The molecule has 2 heterocycles. The van der Waals surface area contributed by atoms with Gasteiger partial charge in [0.1, 0.15) is 6.33 Å². The molecule has 2 aromatic heterocycles. The predicted octanol–water partition coefficient (Wildman–Crippen LogP) is 1.54. The normalized spacial score (nSPS) is 11.3. The molecule has 0 radical (unpaired) electrons. The summed E-state index contributed by atoms with van der Waals surface area (Å²) in [4.78, 5) is 0. The Balaban J connectivity index is 2.06. The monoisotopic (exact) mass is 255 g/mol. The fourth-order valence-electron chi connectivity index (χ4n) is 2.39. The van der Waals surface area contributed by atoms with Crippen molar-refractivity contribution in [3.05, 3.63) is 48.2 Å². The molecule has 0 unspecified atom stereocenters. The molecule has 98 valence electrons. The minimum absolute atomic E-state index is 0.737. The molecule has 5 heteroatoms. The number of fused-ring (bicyclic) bond motifs is 1. The average Bonchev–Trinajstić information content (AvgIpc) is 2.97. The lowest BCUT2D eigenvalue weighted by Crippen LogP contribution is -2.06. The molecular weight excluding hydrogens is 238 g/mol. The third-order valence-electron chi connectivity index (χ3n) is 3.36. The standard InChI is InChI=1S/C14H17N5/c1-15-7-11-8-19(9-14-17-16-10-18(14)2)13-6-4-3-5-12(11)13/h3-6,8,10,15H,7,9H2,1-2H3. The van der Waals surface area contributed by atoms with E-state index in [0.29, 0.717) is 0 Å². The van der Waals surface area contributed by atoms with Crippen molar-refractivity contribution in [2.24, 2.45) is 7.05 Å². The van der Waals surface area contributed by atoms with Gasteiger partial charge in [0.25, 0.3) is 0 Å². The van der Waals surface area contributed by atoms with Crippen LogP contribution in [0.25, 0.3) is 10.9 Å². The summed E-state index contributed by atoms with van der Waals surface area (Å²) in [6.45, 7) is 1.60. The van der Waals surface area contributed by atoms with Gasteiger partial charge in [-0.3, -0.25) is 0 Å². The maximum absolute atomic E-state index is 4.15. The number of rotatable bonds is 4. The molecule has 0 aliphatic heterocycles. The summed E-state index contributed by atoms with van der Waals surface area (Å²) in [5.41, 5.74) is 2.54. The van der Waals surface area contributed by atoms with E-state index in [-0.39, 0.29) is 0 Å². The first kappa shape index (κ1) is 11.9. The molecule has 0 saturated carbocycles. The van der Waals surface area contributed by atoms with Gasteiger partial charge in [0.15, 0.2) is 5.82 Å². The van der Waals surface area contributed by atoms with E-state index in [1.165, 1.54) is 16.5 Å². The van der Waals surface area contributed by atoms with Crippen molar-refractivity contribution in [2.45, 2.75) is 13.1 Å². The van der Waals surface area contributed by atoms with Gasteiger partial charge >= 0.3 is 0 Å². The Morgan fingerprint density at radius 1 is 1.26 bits per heavy atom. The van der Waals surface area contributed by atoms with Gasteiger partial charge in [-0.2, -0.15) is 0 Å². The number of hydrogen-bond donors (Lipinski definition) is 1. The van der Waals surface area contributed by atoms with E-state index in [1.54, 1.807) is 6.33 Å². The van der Waals surface area contributed by atoms with Crippen LogP contribution in [0, 0.1) is 0 Å². The lowest BCUT2D eigenvalue weighted by molar-refractivity contribution is 0.711. The smallest absolute Gasteiger partial charge is 0.152 e. The van der Waals surface area contributed by atoms with Crippen molar-refractivity contribution in [1.82, 2.24) is 24.6 Å². The van der Waals surface area contributed by atoms with Crippen LogP contribution in [0.4, 0.5) is 0 Å². The molecule has 0 spiro atoms. The number of benzene rings is 1. The molecule has 19 heavy (non-hydrogen) atoms. The maximum atomic E-state index is 4.15. The van der Waals surface area contributed by atoms with Crippen molar-refractivity contribution in [2.75, 3.05) is 7.05 Å². The summed E-state index contributed by atoms with van der Waals surface area (Å²) < 4.78 is 4.18. The first-order valence-electron chi connectivity index (χ1n) is 6.34. The Labute approximate surface area is 111 Å². The van der Waals surface area contributed by atoms with Gasteiger partial charge in [0.05, 0.1) is 6.54 Å². The van der Waals surface area contributed by atoms with Crippen LogP contribution in [0.5, 0.6) is 0 Å². The summed E-state index contributed by atoms with van der Waals surface area (Å²) in [6.07, 6.45) is 3.92. The number of para-hydroxylation sites is 1. The highest BCUT2D eigenvalue weighted by atomic mass is 15.3. The van der Waals surface area contributed by atoms with Crippen molar-refractivity contribution in [3.8, 4) is 0 Å². The zero-order chi connectivity index (χ0) is 13.2. The SMILES string of the molecule is CNCc1cn(Cc2nncn2C)c2ccccc12. The van der Waals surface area contributed by atoms with E-state index in [2.05, 4.69) is 50.5 Å². The quantitative estimate of drug-likeness (QED) is 0.769. The van der Waals surface area contributed by atoms with Crippen LogP contribution in [0.3, 0.4) is 0 Å². The summed E-state index contributed by atoms with van der Waals surface area (Å²) in [7, 11) is 3.93. The molecule has 0 bridgehead atoms. The van der Waals surface area contributed by atoms with Crippen LogP contribution < -0.4 is 5.32 Å². The van der Waals surface area contributed by atoms with Gasteiger partial charge in [0.2, 0.25) is 0 Å². The van der Waals surface area contributed by atoms with Gasteiger partial charge in [-0.05, 0) is 18.7 Å². The first-order valence-corrected chi connectivity index (χ1v) is 6.34. The molecule has 0 amide bonds. The minimum Gasteiger partial charge on any atom is -0.339 e. The topological polar surface area (TPSA) is 47.7 Å². The first-order chi connectivity index (χ1) is 9.29. The van der Waals surface area contributed by atoms with Crippen LogP contribution in [0.2, 0.25) is 0 Å². The Bertz CT molecular complexity index is 695. The molecule has 1 aromatic carbocycles. The van der Waals surface area contributed by atoms with Gasteiger partial charge < -0.3 is 14.5 Å². The minimum atomic E-state index is 0.737. The predicted molar refractivity (Wildman–Crippen MR) is 74.8 cm³/mol. The molecule has 0 aliphatic rings. The zero-order valence-electron chi connectivity index (χ0n) is 11.2. The second-order valence-electron chi connectivity index (χ2n) is 4.69. The second-order valence-corrected chi connectivity index (χ2v) is 4.69. The summed E-state index contributed by atoms with van der Waals surface area (Å²) in [6, 6.07) is 8.45. The highest BCUT2D eigenvalue weighted by molar-refractivity contribution is 5.84. The Morgan fingerprint density at radius 3 is 2.84 bits per heavy atom. The van der Waals surface area contributed by atoms with Gasteiger partial charge in [-0.1, -0.05) is 18.2 Å². The summed E-state index contributed by atoms with van der Waals surface area (Å²) >= 11 is 0. The van der Waals surface area contributed by atoms with Crippen LogP contribution >= 0.6 is 0 Å². The molecule has 3 aromatic rings. The van der Waals surface area contributed by atoms with Gasteiger partial charge in [0, 0.05) is 30.7 Å². The Hall–Kier alpha value is -2.14. The largest absolute Gasteiger partial charge is 0.339 e. The average molecular weight is 255 g/mol. The number of aromatic nitrogens is 4. The van der Waals surface area contributed by atoms with E-state index in [4.69, 9.17) is 0 Å². The number of nitrogens with one attached hydrogen (secondary N) is 1. The zero-order valence-corrected chi connectivity index (χ0v) is 11.2. The van der Waals surface area contributed by atoms with Crippen molar-refractivity contribution >= 4 is 10.9 Å². The molecule has 1 N–H and O–H groups in total. The molecule has 0 aliphatic carbocycles. The van der Waals surface area contributed by atoms with Crippen molar-refractivity contribution < 1.29 is 0 Å². The molecule has 0 atom stereocenters. The highest BCUT2D eigenvalue weighted by Crippen LogP contribution is 2.21. The fourth-order valence-corrected chi connectivity index (χ4v) is 2.39. The number of aryl methyl sites for hydroxylation is 1. The molecule has 0 saturated heterocycles. The van der Waals surface area contributed by atoms with Crippen LogP contribution in [-0.4, -0.2) is 26.4 Å². The van der Waals surface area contributed by atoms with Crippen LogP contribution in [0.1, 0.15) is 11.4 Å². The molecular formula is C14H17N5. The van der Waals surface area contributed by atoms with Crippen molar-refractivity contribution in [3.63, 3.8) is 0 Å².